The molecular weight excluding hydrogens is 354 g/mol. The normalized spacial score (nSPS) is 11.2. The fourth-order valence-corrected chi connectivity index (χ4v) is 3.14. The maximum Gasteiger partial charge on any atom is 0.307 e. The summed E-state index contributed by atoms with van der Waals surface area (Å²) in [7, 11) is -3.62. The molecule has 0 fully saturated rings. The van der Waals surface area contributed by atoms with Gasteiger partial charge in [-0.25, -0.2) is 13.1 Å². The summed E-state index contributed by atoms with van der Waals surface area (Å²) in [5.41, 5.74) is 2.11. The van der Waals surface area contributed by atoms with Crippen LogP contribution in [-0.4, -0.2) is 34.1 Å². The first-order chi connectivity index (χ1) is 12.4. The minimum atomic E-state index is -3.62. The summed E-state index contributed by atoms with van der Waals surface area (Å²) >= 11 is 0. The second kappa shape index (κ2) is 9.35. The van der Waals surface area contributed by atoms with Crippen molar-refractivity contribution < 1.29 is 22.7 Å². The van der Waals surface area contributed by atoms with Gasteiger partial charge in [0.05, 0.1) is 11.3 Å². The Morgan fingerprint density at radius 2 is 1.50 bits per heavy atom. The van der Waals surface area contributed by atoms with Gasteiger partial charge in [0.2, 0.25) is 10.0 Å². The summed E-state index contributed by atoms with van der Waals surface area (Å²) in [6, 6.07) is 14.0. The first-order valence-electron chi connectivity index (χ1n) is 8.28. The highest BCUT2D eigenvalue weighted by Crippen LogP contribution is 2.11. The Morgan fingerprint density at radius 3 is 2.12 bits per heavy atom. The Kier molecular flexibility index (Phi) is 7.17. The number of hydrogen-bond acceptors (Lipinski definition) is 5. The van der Waals surface area contributed by atoms with Crippen molar-refractivity contribution in [3.8, 4) is 5.75 Å². The molecular formula is C19H23NO5S. The predicted molar refractivity (Wildman–Crippen MR) is 98.6 cm³/mol. The van der Waals surface area contributed by atoms with Crippen molar-refractivity contribution in [3.05, 3.63) is 59.7 Å². The zero-order valence-electron chi connectivity index (χ0n) is 14.9. The van der Waals surface area contributed by atoms with E-state index in [-0.39, 0.29) is 31.1 Å². The smallest absolute Gasteiger partial charge is 0.307 e. The van der Waals surface area contributed by atoms with Gasteiger partial charge in [-0.05, 0) is 38.1 Å². The number of aryl methyl sites for hydroxylation is 2. The van der Waals surface area contributed by atoms with Crippen molar-refractivity contribution in [2.24, 2.45) is 0 Å². The van der Waals surface area contributed by atoms with Gasteiger partial charge in [0.25, 0.3) is 0 Å². The molecule has 1 N–H and O–H groups in total. The molecule has 0 aliphatic rings. The van der Waals surface area contributed by atoms with Gasteiger partial charge >= 0.3 is 5.97 Å². The van der Waals surface area contributed by atoms with E-state index in [9.17, 15) is 13.2 Å². The summed E-state index contributed by atoms with van der Waals surface area (Å²) in [4.78, 5) is 11.8. The van der Waals surface area contributed by atoms with Gasteiger partial charge in [0.1, 0.15) is 19.0 Å². The standard InChI is InChI=1S/C19H23NO5S/c1-15-3-7-17(8-4-15)24-13-14-25-19(21)11-12-20-26(22,23)18-9-5-16(2)6-10-18/h3-10,20H,11-14H2,1-2H3. The summed E-state index contributed by atoms with van der Waals surface area (Å²) in [6.07, 6.45) is -0.0460. The summed E-state index contributed by atoms with van der Waals surface area (Å²) < 4.78 is 37.0. The van der Waals surface area contributed by atoms with Crippen molar-refractivity contribution in [2.45, 2.75) is 25.2 Å². The van der Waals surface area contributed by atoms with Crippen molar-refractivity contribution >= 4 is 16.0 Å². The average molecular weight is 377 g/mol. The summed E-state index contributed by atoms with van der Waals surface area (Å²) in [6.45, 7) is 4.19. The van der Waals surface area contributed by atoms with Crippen LogP contribution in [-0.2, 0) is 19.6 Å². The Balaban J connectivity index is 1.65. The fraction of sp³-hybridized carbons (Fsp3) is 0.316. The molecule has 0 bridgehead atoms. The van der Waals surface area contributed by atoms with E-state index >= 15 is 0 Å². The van der Waals surface area contributed by atoms with Crippen molar-refractivity contribution in [3.63, 3.8) is 0 Å². The number of rotatable bonds is 9. The van der Waals surface area contributed by atoms with Gasteiger partial charge in [-0.15, -0.1) is 0 Å². The van der Waals surface area contributed by atoms with Crippen LogP contribution in [0.1, 0.15) is 17.5 Å². The molecule has 7 heteroatoms. The van der Waals surface area contributed by atoms with Crippen molar-refractivity contribution in [1.82, 2.24) is 4.72 Å². The number of carbonyl (C=O) groups excluding carboxylic acids is 1. The second-order valence-corrected chi connectivity index (χ2v) is 7.61. The van der Waals surface area contributed by atoms with Crippen LogP contribution < -0.4 is 9.46 Å². The quantitative estimate of drug-likeness (QED) is 0.537. The molecule has 2 aromatic rings. The SMILES string of the molecule is Cc1ccc(OCCOC(=O)CCNS(=O)(=O)c2ccc(C)cc2)cc1. The molecule has 0 atom stereocenters. The van der Waals surface area contributed by atoms with Gasteiger partial charge in [0, 0.05) is 6.54 Å². The molecule has 0 radical (unpaired) electrons. The van der Waals surface area contributed by atoms with Crippen LogP contribution in [0.15, 0.2) is 53.4 Å². The highest BCUT2D eigenvalue weighted by Gasteiger charge is 2.14. The van der Waals surface area contributed by atoms with Crippen LogP contribution in [0.3, 0.4) is 0 Å². The molecule has 0 saturated carbocycles. The molecule has 2 aromatic carbocycles. The molecule has 0 amide bonds. The number of carbonyl (C=O) groups is 1. The lowest BCUT2D eigenvalue weighted by molar-refractivity contribution is -0.144. The average Bonchev–Trinajstić information content (AvgIpc) is 2.60. The number of hydrogen-bond donors (Lipinski definition) is 1. The number of sulfonamides is 1. The minimum Gasteiger partial charge on any atom is -0.490 e. The minimum absolute atomic E-state index is 0.0200. The van der Waals surface area contributed by atoms with E-state index < -0.39 is 16.0 Å². The molecule has 26 heavy (non-hydrogen) atoms. The number of esters is 1. The van der Waals surface area contributed by atoms with Gasteiger partial charge in [-0.2, -0.15) is 0 Å². The van der Waals surface area contributed by atoms with E-state index in [1.807, 2.05) is 38.1 Å². The maximum absolute atomic E-state index is 12.1. The van der Waals surface area contributed by atoms with Gasteiger partial charge in [-0.3, -0.25) is 4.79 Å². The van der Waals surface area contributed by atoms with E-state index in [0.717, 1.165) is 11.1 Å². The number of ether oxygens (including phenoxy) is 2. The molecule has 0 saturated heterocycles. The zero-order valence-corrected chi connectivity index (χ0v) is 15.7. The Bertz CT molecular complexity index is 814. The van der Waals surface area contributed by atoms with Gasteiger partial charge in [-0.1, -0.05) is 35.4 Å². The monoisotopic (exact) mass is 377 g/mol. The van der Waals surface area contributed by atoms with E-state index in [0.29, 0.717) is 5.75 Å². The van der Waals surface area contributed by atoms with Crippen LogP contribution in [0.2, 0.25) is 0 Å². The third-order valence-electron chi connectivity index (χ3n) is 3.59. The van der Waals surface area contributed by atoms with E-state index in [2.05, 4.69) is 4.72 Å². The third-order valence-corrected chi connectivity index (χ3v) is 5.07. The topological polar surface area (TPSA) is 81.7 Å². The van der Waals surface area contributed by atoms with Crippen molar-refractivity contribution in [2.75, 3.05) is 19.8 Å². The molecule has 140 valence electrons. The lowest BCUT2D eigenvalue weighted by Crippen LogP contribution is -2.27. The van der Waals surface area contributed by atoms with Crippen LogP contribution in [0.5, 0.6) is 5.75 Å². The van der Waals surface area contributed by atoms with E-state index in [4.69, 9.17) is 9.47 Å². The van der Waals surface area contributed by atoms with Crippen LogP contribution in [0.4, 0.5) is 0 Å². The third kappa shape index (κ3) is 6.50. The number of nitrogens with one attached hydrogen (secondary N) is 1. The first-order valence-corrected chi connectivity index (χ1v) is 9.76. The zero-order chi connectivity index (χ0) is 19.0. The first kappa shape index (κ1) is 19.9. The highest BCUT2D eigenvalue weighted by molar-refractivity contribution is 7.89. The molecule has 0 unspecified atom stereocenters. The molecule has 0 aliphatic heterocycles. The van der Waals surface area contributed by atoms with Gasteiger partial charge in [0.15, 0.2) is 0 Å². The highest BCUT2D eigenvalue weighted by atomic mass is 32.2. The molecule has 0 aromatic heterocycles. The molecule has 0 spiro atoms. The lowest BCUT2D eigenvalue weighted by Gasteiger charge is -2.09. The fourth-order valence-electron chi connectivity index (χ4n) is 2.11. The van der Waals surface area contributed by atoms with E-state index in [1.54, 1.807) is 12.1 Å². The molecule has 0 heterocycles. The van der Waals surface area contributed by atoms with Crippen LogP contribution >= 0.6 is 0 Å². The van der Waals surface area contributed by atoms with Crippen molar-refractivity contribution in [1.29, 1.82) is 0 Å². The molecule has 2 rings (SSSR count). The maximum atomic E-state index is 12.1. The summed E-state index contributed by atoms with van der Waals surface area (Å²) in [5, 5.41) is 0. The van der Waals surface area contributed by atoms with Crippen LogP contribution in [0, 0.1) is 13.8 Å². The second-order valence-electron chi connectivity index (χ2n) is 5.84. The molecule has 6 nitrogen and oxygen atoms in total. The van der Waals surface area contributed by atoms with E-state index in [1.165, 1.54) is 12.1 Å². The summed E-state index contributed by atoms with van der Waals surface area (Å²) in [5.74, 6) is 0.224. The molecule has 0 aliphatic carbocycles. The Hall–Kier alpha value is -2.38. The van der Waals surface area contributed by atoms with Gasteiger partial charge < -0.3 is 9.47 Å². The number of benzene rings is 2. The Labute approximate surface area is 154 Å². The van der Waals surface area contributed by atoms with Crippen LogP contribution in [0.25, 0.3) is 0 Å². The Morgan fingerprint density at radius 1 is 0.923 bits per heavy atom. The predicted octanol–water partition coefficient (Wildman–Crippen LogP) is 2.59. The lowest BCUT2D eigenvalue weighted by atomic mass is 10.2. The largest absolute Gasteiger partial charge is 0.490 e.